The molecule has 0 saturated carbocycles. The minimum absolute atomic E-state index is 0.0439. The van der Waals surface area contributed by atoms with Crippen molar-refractivity contribution in [2.24, 2.45) is 0 Å². The smallest absolute Gasteiger partial charge is 0.410 e. The molecule has 4 aromatic rings. The summed E-state index contributed by atoms with van der Waals surface area (Å²) in [4.78, 5) is 29.3. The lowest BCUT2D eigenvalue weighted by molar-refractivity contribution is 0.0163. The third kappa shape index (κ3) is 6.87. The van der Waals surface area contributed by atoms with Gasteiger partial charge in [0.25, 0.3) is 0 Å². The van der Waals surface area contributed by atoms with Gasteiger partial charge in [0, 0.05) is 43.2 Å². The van der Waals surface area contributed by atoms with Crippen molar-refractivity contribution < 1.29 is 28.1 Å². The summed E-state index contributed by atoms with van der Waals surface area (Å²) in [6.07, 6.45) is 4.28. The molecular weight excluding hydrogens is 661 g/mol. The minimum atomic E-state index is -0.599. The van der Waals surface area contributed by atoms with Crippen LogP contribution in [-0.2, 0) is 9.47 Å². The van der Waals surface area contributed by atoms with Gasteiger partial charge in [-0.3, -0.25) is 0 Å². The minimum Gasteiger partial charge on any atom is -0.468 e. The van der Waals surface area contributed by atoms with Gasteiger partial charge in [0.05, 0.1) is 11.1 Å². The highest BCUT2D eigenvalue weighted by molar-refractivity contribution is 6.35. The number of hydrogen-bond donors (Lipinski definition) is 0. The lowest BCUT2D eigenvalue weighted by Crippen LogP contribution is -2.45. The summed E-state index contributed by atoms with van der Waals surface area (Å²) in [5.41, 5.74) is 0.316. The molecule has 1 aromatic heterocycles. The van der Waals surface area contributed by atoms with E-state index in [1.54, 1.807) is 19.2 Å². The van der Waals surface area contributed by atoms with Crippen LogP contribution in [0.2, 0.25) is 5.02 Å². The fourth-order valence-corrected chi connectivity index (χ4v) is 7.95. The SMILES string of the molecule is COCOc1cc(-c2c(Cl)cc3c(N4CC[C@H]5CC[C@@H](C4)N5C(=O)OC(C)(C)C)nc(OC[C@@H]4CCCN4C)nc3c2F)c2ccccc2c1. The number of aromatic nitrogens is 2. The first kappa shape index (κ1) is 34.5. The van der Waals surface area contributed by atoms with Gasteiger partial charge in [0.15, 0.2) is 12.6 Å². The van der Waals surface area contributed by atoms with Crippen LogP contribution in [0.3, 0.4) is 0 Å². The number of methoxy groups -OCH3 is 1. The summed E-state index contributed by atoms with van der Waals surface area (Å²) in [6.45, 7) is 8.21. The lowest BCUT2D eigenvalue weighted by atomic mass is 9.96. The van der Waals surface area contributed by atoms with Gasteiger partial charge in [0.2, 0.25) is 0 Å². The highest BCUT2D eigenvalue weighted by Crippen LogP contribution is 2.43. The van der Waals surface area contributed by atoms with Gasteiger partial charge in [0.1, 0.15) is 29.3 Å². The van der Waals surface area contributed by atoms with Crippen LogP contribution >= 0.6 is 11.6 Å². The molecule has 50 heavy (non-hydrogen) atoms. The van der Waals surface area contributed by atoms with Crippen LogP contribution < -0.4 is 14.4 Å². The molecule has 266 valence electrons. The van der Waals surface area contributed by atoms with E-state index >= 15 is 4.39 Å². The first-order valence-electron chi connectivity index (χ1n) is 17.4. The van der Waals surface area contributed by atoms with Crippen molar-refractivity contribution >= 4 is 45.2 Å². The summed E-state index contributed by atoms with van der Waals surface area (Å²) < 4.78 is 40.2. The summed E-state index contributed by atoms with van der Waals surface area (Å²) in [5.74, 6) is 0.494. The van der Waals surface area contributed by atoms with Crippen molar-refractivity contribution in [2.45, 2.75) is 76.6 Å². The summed E-state index contributed by atoms with van der Waals surface area (Å²) in [6, 6.07) is 13.5. The highest BCUT2D eigenvalue weighted by Gasteiger charge is 2.42. The van der Waals surface area contributed by atoms with E-state index in [-0.39, 0.29) is 53.1 Å². The van der Waals surface area contributed by atoms with E-state index in [1.807, 2.05) is 56.0 Å². The van der Waals surface area contributed by atoms with E-state index in [9.17, 15) is 4.79 Å². The Balaban J connectivity index is 1.33. The van der Waals surface area contributed by atoms with Crippen molar-refractivity contribution in [1.82, 2.24) is 19.8 Å². The van der Waals surface area contributed by atoms with Crippen LogP contribution in [0.4, 0.5) is 15.0 Å². The molecule has 3 aliphatic rings. The Morgan fingerprint density at radius 3 is 2.56 bits per heavy atom. The number of carbonyl (C=O) groups excluding carboxylic acids is 1. The molecule has 0 N–H and O–H groups in total. The number of amides is 1. The van der Waals surface area contributed by atoms with Crippen LogP contribution in [0, 0.1) is 5.82 Å². The molecule has 10 nitrogen and oxygen atoms in total. The van der Waals surface area contributed by atoms with Crippen LogP contribution in [0.15, 0.2) is 42.5 Å². The third-order valence-corrected chi connectivity index (χ3v) is 10.4. The van der Waals surface area contributed by atoms with Crippen molar-refractivity contribution in [2.75, 3.05) is 52.1 Å². The molecule has 7 rings (SSSR count). The highest BCUT2D eigenvalue weighted by atomic mass is 35.5. The van der Waals surface area contributed by atoms with E-state index in [0.717, 1.165) is 49.4 Å². The maximum atomic E-state index is 17.2. The number of rotatable bonds is 8. The van der Waals surface area contributed by atoms with Gasteiger partial charge >= 0.3 is 12.1 Å². The van der Waals surface area contributed by atoms with E-state index in [0.29, 0.717) is 42.2 Å². The molecule has 3 fully saturated rings. The zero-order valence-corrected chi connectivity index (χ0v) is 30.1. The Labute approximate surface area is 297 Å². The zero-order valence-electron chi connectivity index (χ0n) is 29.4. The summed E-state index contributed by atoms with van der Waals surface area (Å²) in [5, 5.41) is 2.40. The lowest BCUT2D eigenvalue weighted by Gasteiger charge is -2.31. The van der Waals surface area contributed by atoms with Gasteiger partial charge in [-0.25, -0.2) is 9.18 Å². The van der Waals surface area contributed by atoms with Crippen LogP contribution in [0.5, 0.6) is 11.8 Å². The number of hydrogen-bond acceptors (Lipinski definition) is 9. The predicted octanol–water partition coefficient (Wildman–Crippen LogP) is 7.68. The van der Waals surface area contributed by atoms with Gasteiger partial charge < -0.3 is 33.6 Å². The second-order valence-corrected chi connectivity index (χ2v) is 15.0. The van der Waals surface area contributed by atoms with Crippen LogP contribution in [-0.4, -0.2) is 96.8 Å². The van der Waals surface area contributed by atoms with Crippen molar-refractivity contribution in [3.8, 4) is 22.9 Å². The first-order valence-corrected chi connectivity index (χ1v) is 17.8. The molecule has 2 bridgehead atoms. The van der Waals surface area contributed by atoms with Gasteiger partial charge in [-0.1, -0.05) is 35.9 Å². The number of benzene rings is 3. The van der Waals surface area contributed by atoms with Crippen LogP contribution in [0.1, 0.15) is 52.9 Å². The molecule has 12 heteroatoms. The second-order valence-electron chi connectivity index (χ2n) is 14.6. The molecule has 4 heterocycles. The molecule has 0 radical (unpaired) electrons. The Kier molecular flexibility index (Phi) is 9.66. The Bertz CT molecular complexity index is 1900. The quantitative estimate of drug-likeness (QED) is 0.171. The molecule has 1 amide bonds. The molecule has 0 spiro atoms. The van der Waals surface area contributed by atoms with Crippen molar-refractivity contribution in [3.63, 3.8) is 0 Å². The Morgan fingerprint density at radius 1 is 1.00 bits per heavy atom. The third-order valence-electron chi connectivity index (χ3n) is 10.1. The first-order chi connectivity index (χ1) is 24.0. The van der Waals surface area contributed by atoms with Gasteiger partial charge in [-0.15, -0.1) is 0 Å². The largest absolute Gasteiger partial charge is 0.468 e. The molecule has 3 saturated heterocycles. The molecule has 0 unspecified atom stereocenters. The normalized spacial score (nSPS) is 21.2. The fraction of sp³-hybridized carbons (Fsp3) is 0.500. The number of nitrogens with zero attached hydrogens (tertiary/aromatic N) is 5. The molecule has 0 aliphatic carbocycles. The van der Waals surface area contributed by atoms with E-state index < -0.39 is 11.4 Å². The molecule has 3 atom stereocenters. The number of anilines is 1. The number of likely N-dealkylation sites (tertiary alicyclic amines) is 1. The van der Waals surface area contributed by atoms with Gasteiger partial charge in [-0.2, -0.15) is 9.97 Å². The molecular formula is C38H45ClFN5O5. The Morgan fingerprint density at radius 2 is 1.80 bits per heavy atom. The monoisotopic (exact) mass is 705 g/mol. The van der Waals surface area contributed by atoms with Crippen molar-refractivity contribution in [1.29, 1.82) is 0 Å². The number of ether oxygens (including phenoxy) is 4. The number of carbonyl (C=O) groups is 1. The van der Waals surface area contributed by atoms with Crippen molar-refractivity contribution in [3.05, 3.63) is 53.3 Å². The number of fused-ring (bicyclic) bond motifs is 4. The standard InChI is InChI=1S/C38H45ClFN5O5/c1-38(2,3)50-37(46)45-24-12-13-25(45)20-44(16-14-24)35-30-19-31(39)32(29-18-27(49-22-47-5)17-23-9-6-7-11-28(23)29)33(40)34(30)41-36(42-35)48-21-26-10-8-15-43(26)4/h6-7,9,11,17-19,24-26H,8,10,12-16,20-22H2,1-5H3/t24-,25+,26+/m1/s1. The second kappa shape index (κ2) is 14.0. The number of halogens is 2. The van der Waals surface area contributed by atoms with E-state index in [4.69, 9.17) is 40.5 Å². The van der Waals surface area contributed by atoms with E-state index in [1.165, 1.54) is 0 Å². The average Bonchev–Trinajstić information content (AvgIpc) is 3.62. The number of likely N-dealkylation sites (N-methyl/N-ethyl adjacent to an activating group) is 1. The predicted molar refractivity (Wildman–Crippen MR) is 193 cm³/mol. The van der Waals surface area contributed by atoms with Gasteiger partial charge in [-0.05, 0) is 101 Å². The summed E-state index contributed by atoms with van der Waals surface area (Å²) >= 11 is 7.05. The van der Waals surface area contributed by atoms with E-state index in [2.05, 4.69) is 16.8 Å². The zero-order chi connectivity index (χ0) is 35.2. The average molecular weight is 706 g/mol. The Hall–Kier alpha value is -3.93. The maximum absolute atomic E-state index is 17.2. The topological polar surface area (TPSA) is 89.5 Å². The van der Waals surface area contributed by atoms with Crippen LogP contribution in [0.25, 0.3) is 32.8 Å². The molecule has 3 aromatic carbocycles. The fourth-order valence-electron chi connectivity index (χ4n) is 7.65. The maximum Gasteiger partial charge on any atom is 0.410 e. The molecule has 3 aliphatic heterocycles. The summed E-state index contributed by atoms with van der Waals surface area (Å²) in [7, 11) is 3.63.